The number of hydrogen-bond donors (Lipinski definition) is 1. The van der Waals surface area contributed by atoms with Crippen LogP contribution in [0.25, 0.3) is 0 Å². The minimum absolute atomic E-state index is 0.638. The second-order valence-electron chi connectivity index (χ2n) is 4.78. The van der Waals surface area contributed by atoms with Gasteiger partial charge in [0.05, 0.1) is 13.7 Å². The van der Waals surface area contributed by atoms with E-state index in [1.807, 2.05) is 18.2 Å². The smallest absolute Gasteiger partial charge is 0.126 e. The molecule has 0 saturated carbocycles. The van der Waals surface area contributed by atoms with Crippen LogP contribution in [0.5, 0.6) is 11.5 Å². The Morgan fingerprint density at radius 2 is 1.89 bits per heavy atom. The molecule has 0 aromatic heterocycles. The molecule has 0 spiro atoms. The molecule has 0 amide bonds. The van der Waals surface area contributed by atoms with E-state index in [0.717, 1.165) is 36.5 Å². The molecule has 0 aliphatic carbocycles. The summed E-state index contributed by atoms with van der Waals surface area (Å²) in [5.74, 6) is 1.75. The first-order valence-electron chi connectivity index (χ1n) is 7.31. The van der Waals surface area contributed by atoms with Crippen LogP contribution >= 0.6 is 0 Å². The van der Waals surface area contributed by atoms with Crippen LogP contribution in [0.3, 0.4) is 0 Å². The summed E-state index contributed by atoms with van der Waals surface area (Å²) < 4.78 is 11.1. The third-order valence-corrected chi connectivity index (χ3v) is 3.19. The SMILES string of the molecule is CCCCCCCOc1cc(OC)ccc1CCN. The average molecular weight is 265 g/mol. The van der Waals surface area contributed by atoms with Gasteiger partial charge in [0.2, 0.25) is 0 Å². The van der Waals surface area contributed by atoms with Gasteiger partial charge in [0.15, 0.2) is 0 Å². The van der Waals surface area contributed by atoms with Crippen molar-refractivity contribution in [1.82, 2.24) is 0 Å². The number of rotatable bonds is 10. The zero-order valence-electron chi connectivity index (χ0n) is 12.3. The van der Waals surface area contributed by atoms with E-state index in [9.17, 15) is 0 Å². The van der Waals surface area contributed by atoms with Crippen molar-refractivity contribution in [1.29, 1.82) is 0 Å². The predicted molar refractivity (Wildman–Crippen MR) is 80.0 cm³/mol. The lowest BCUT2D eigenvalue weighted by molar-refractivity contribution is 0.299. The van der Waals surface area contributed by atoms with Gasteiger partial charge in [-0.2, -0.15) is 0 Å². The molecule has 3 heteroatoms. The number of hydrogen-bond acceptors (Lipinski definition) is 3. The Morgan fingerprint density at radius 3 is 2.58 bits per heavy atom. The zero-order chi connectivity index (χ0) is 13.9. The molecule has 0 aliphatic heterocycles. The van der Waals surface area contributed by atoms with Gasteiger partial charge < -0.3 is 15.2 Å². The van der Waals surface area contributed by atoms with E-state index in [2.05, 4.69) is 6.92 Å². The van der Waals surface area contributed by atoms with E-state index in [-0.39, 0.29) is 0 Å². The fourth-order valence-corrected chi connectivity index (χ4v) is 2.05. The highest BCUT2D eigenvalue weighted by Gasteiger charge is 2.05. The van der Waals surface area contributed by atoms with Gasteiger partial charge >= 0.3 is 0 Å². The lowest BCUT2D eigenvalue weighted by Crippen LogP contribution is -2.06. The Kier molecular flexibility index (Phi) is 8.07. The topological polar surface area (TPSA) is 44.5 Å². The van der Waals surface area contributed by atoms with Gasteiger partial charge in [0.1, 0.15) is 11.5 Å². The summed E-state index contributed by atoms with van der Waals surface area (Å²) in [5.41, 5.74) is 6.79. The van der Waals surface area contributed by atoms with Gasteiger partial charge in [-0.05, 0) is 31.0 Å². The van der Waals surface area contributed by atoms with Crippen molar-refractivity contribution in [2.45, 2.75) is 45.4 Å². The van der Waals surface area contributed by atoms with Gasteiger partial charge in [0, 0.05) is 6.07 Å². The van der Waals surface area contributed by atoms with E-state index in [0.29, 0.717) is 6.54 Å². The highest BCUT2D eigenvalue weighted by molar-refractivity contribution is 5.40. The highest BCUT2D eigenvalue weighted by atomic mass is 16.5. The molecule has 1 rings (SSSR count). The summed E-state index contributed by atoms with van der Waals surface area (Å²) in [5, 5.41) is 0. The summed E-state index contributed by atoms with van der Waals surface area (Å²) in [6.07, 6.45) is 7.08. The lowest BCUT2D eigenvalue weighted by Gasteiger charge is -2.12. The Labute approximate surface area is 117 Å². The molecule has 0 radical (unpaired) electrons. The molecule has 1 aromatic carbocycles. The van der Waals surface area contributed by atoms with E-state index >= 15 is 0 Å². The molecule has 19 heavy (non-hydrogen) atoms. The Balaban J connectivity index is 2.45. The van der Waals surface area contributed by atoms with Gasteiger partial charge in [-0.15, -0.1) is 0 Å². The Hall–Kier alpha value is -1.22. The molecule has 0 aliphatic rings. The molecule has 1 aromatic rings. The maximum absolute atomic E-state index is 5.88. The van der Waals surface area contributed by atoms with Crippen molar-refractivity contribution in [3.63, 3.8) is 0 Å². The normalized spacial score (nSPS) is 10.5. The fourth-order valence-electron chi connectivity index (χ4n) is 2.05. The molecule has 108 valence electrons. The van der Waals surface area contributed by atoms with Crippen molar-refractivity contribution in [3.05, 3.63) is 23.8 Å². The monoisotopic (exact) mass is 265 g/mol. The number of methoxy groups -OCH3 is 1. The quantitative estimate of drug-likeness (QED) is 0.658. The molecule has 2 N–H and O–H groups in total. The van der Waals surface area contributed by atoms with Crippen molar-refractivity contribution >= 4 is 0 Å². The predicted octanol–water partition coefficient (Wildman–Crippen LogP) is 3.55. The van der Waals surface area contributed by atoms with Crippen LogP contribution in [0.1, 0.15) is 44.6 Å². The molecule has 0 atom stereocenters. The van der Waals surface area contributed by atoms with Crippen molar-refractivity contribution in [2.75, 3.05) is 20.3 Å². The van der Waals surface area contributed by atoms with Crippen molar-refractivity contribution < 1.29 is 9.47 Å². The standard InChI is InChI=1S/C16H27NO2/c1-3-4-5-6-7-12-19-16-13-15(18-2)9-8-14(16)10-11-17/h8-9,13H,3-7,10-12,17H2,1-2H3. The van der Waals surface area contributed by atoms with E-state index in [4.69, 9.17) is 15.2 Å². The second-order valence-corrected chi connectivity index (χ2v) is 4.78. The van der Waals surface area contributed by atoms with Crippen LogP contribution < -0.4 is 15.2 Å². The van der Waals surface area contributed by atoms with Crippen molar-refractivity contribution in [3.8, 4) is 11.5 Å². The van der Waals surface area contributed by atoms with Gasteiger partial charge in [-0.1, -0.05) is 38.7 Å². The number of ether oxygens (including phenoxy) is 2. The second kappa shape index (κ2) is 9.68. The Morgan fingerprint density at radius 1 is 1.11 bits per heavy atom. The maximum atomic E-state index is 5.88. The minimum atomic E-state index is 0.638. The van der Waals surface area contributed by atoms with Gasteiger partial charge in [-0.3, -0.25) is 0 Å². The summed E-state index contributed by atoms with van der Waals surface area (Å²) in [7, 11) is 1.67. The van der Waals surface area contributed by atoms with Crippen LogP contribution in [0.15, 0.2) is 18.2 Å². The van der Waals surface area contributed by atoms with Crippen LogP contribution in [0.2, 0.25) is 0 Å². The average Bonchev–Trinajstić information content (AvgIpc) is 2.44. The first kappa shape index (κ1) is 15.8. The summed E-state index contributed by atoms with van der Waals surface area (Å²) >= 11 is 0. The highest BCUT2D eigenvalue weighted by Crippen LogP contribution is 2.25. The van der Waals surface area contributed by atoms with Crippen LogP contribution in [-0.2, 0) is 6.42 Å². The zero-order valence-corrected chi connectivity index (χ0v) is 12.3. The molecular weight excluding hydrogens is 238 g/mol. The third kappa shape index (κ3) is 5.97. The summed E-state index contributed by atoms with van der Waals surface area (Å²) in [6, 6.07) is 5.95. The van der Waals surface area contributed by atoms with Crippen LogP contribution in [-0.4, -0.2) is 20.3 Å². The third-order valence-electron chi connectivity index (χ3n) is 3.19. The van der Waals surface area contributed by atoms with Crippen LogP contribution in [0, 0.1) is 0 Å². The largest absolute Gasteiger partial charge is 0.497 e. The molecule has 0 fully saturated rings. The van der Waals surface area contributed by atoms with Gasteiger partial charge in [-0.25, -0.2) is 0 Å². The molecule has 0 unspecified atom stereocenters. The molecule has 0 heterocycles. The van der Waals surface area contributed by atoms with Crippen molar-refractivity contribution in [2.24, 2.45) is 5.73 Å². The number of unbranched alkanes of at least 4 members (excludes halogenated alkanes) is 4. The lowest BCUT2D eigenvalue weighted by atomic mass is 10.1. The maximum Gasteiger partial charge on any atom is 0.126 e. The van der Waals surface area contributed by atoms with Crippen LogP contribution in [0.4, 0.5) is 0 Å². The first-order valence-corrected chi connectivity index (χ1v) is 7.31. The fraction of sp³-hybridized carbons (Fsp3) is 0.625. The minimum Gasteiger partial charge on any atom is -0.497 e. The first-order chi connectivity index (χ1) is 9.31. The molecule has 0 bridgehead atoms. The summed E-state index contributed by atoms with van der Waals surface area (Å²) in [6.45, 7) is 3.64. The molecular formula is C16H27NO2. The number of benzene rings is 1. The molecule has 0 saturated heterocycles. The van der Waals surface area contributed by atoms with Gasteiger partial charge in [0.25, 0.3) is 0 Å². The Bertz CT molecular complexity index is 353. The number of nitrogens with two attached hydrogens (primary N) is 1. The molecule has 3 nitrogen and oxygen atoms in total. The van der Waals surface area contributed by atoms with E-state index < -0.39 is 0 Å². The summed E-state index contributed by atoms with van der Waals surface area (Å²) in [4.78, 5) is 0. The van der Waals surface area contributed by atoms with E-state index in [1.165, 1.54) is 25.7 Å². The van der Waals surface area contributed by atoms with E-state index in [1.54, 1.807) is 7.11 Å².